The van der Waals surface area contributed by atoms with Crippen molar-refractivity contribution in [1.82, 2.24) is 0 Å². The third kappa shape index (κ3) is 4.63. The number of nitrogens with one attached hydrogen (secondary N) is 2. The van der Waals surface area contributed by atoms with Gasteiger partial charge in [0, 0.05) is 24.6 Å². The van der Waals surface area contributed by atoms with E-state index in [2.05, 4.69) is 5.32 Å². The molecule has 0 radical (unpaired) electrons. The molecule has 2 aliphatic heterocycles. The van der Waals surface area contributed by atoms with Crippen molar-refractivity contribution in [2.45, 2.75) is 26.2 Å². The number of benzene rings is 1. The Morgan fingerprint density at radius 2 is 2.00 bits per heavy atom. The molecular formula is C18H25N2O5+. The molecule has 0 aromatic heterocycles. The van der Waals surface area contributed by atoms with Crippen LogP contribution in [-0.4, -0.2) is 44.9 Å². The van der Waals surface area contributed by atoms with E-state index in [1.807, 2.05) is 13.0 Å². The monoisotopic (exact) mass is 349 g/mol. The van der Waals surface area contributed by atoms with Crippen LogP contribution in [0, 0.1) is 5.92 Å². The highest BCUT2D eigenvalue weighted by atomic mass is 16.7. The van der Waals surface area contributed by atoms with Crippen LogP contribution in [0.4, 0.5) is 5.69 Å². The predicted octanol–water partition coefficient (Wildman–Crippen LogP) is 0.602. The molecule has 0 saturated carbocycles. The van der Waals surface area contributed by atoms with Gasteiger partial charge in [0.15, 0.2) is 11.5 Å². The van der Waals surface area contributed by atoms with Crippen LogP contribution in [0.2, 0.25) is 0 Å². The van der Waals surface area contributed by atoms with E-state index >= 15 is 0 Å². The molecule has 2 aliphatic rings. The topological polar surface area (TPSA) is 78.3 Å². The fraction of sp³-hybridized carbons (Fsp3) is 0.556. The molecule has 1 amide bonds. The van der Waals surface area contributed by atoms with Gasteiger partial charge in [-0.1, -0.05) is 0 Å². The van der Waals surface area contributed by atoms with Crippen LogP contribution in [0.25, 0.3) is 0 Å². The van der Waals surface area contributed by atoms with Crippen molar-refractivity contribution < 1.29 is 28.7 Å². The van der Waals surface area contributed by atoms with E-state index in [4.69, 9.17) is 14.2 Å². The maximum Gasteiger partial charge on any atom is 0.309 e. The van der Waals surface area contributed by atoms with Crippen LogP contribution in [0.5, 0.6) is 11.5 Å². The Labute approximate surface area is 147 Å². The highest BCUT2D eigenvalue weighted by Gasteiger charge is 2.28. The first kappa shape index (κ1) is 17.5. The molecule has 0 spiro atoms. The van der Waals surface area contributed by atoms with E-state index < -0.39 is 0 Å². The van der Waals surface area contributed by atoms with Gasteiger partial charge in [-0.25, -0.2) is 0 Å². The van der Waals surface area contributed by atoms with Crippen molar-refractivity contribution in [1.29, 1.82) is 0 Å². The van der Waals surface area contributed by atoms with Crippen LogP contribution >= 0.6 is 0 Å². The van der Waals surface area contributed by atoms with Gasteiger partial charge in [0.25, 0.3) is 0 Å². The minimum Gasteiger partial charge on any atom is -0.466 e. The quantitative estimate of drug-likeness (QED) is 0.736. The van der Waals surface area contributed by atoms with Crippen LogP contribution in [-0.2, 0) is 14.3 Å². The number of carbonyl (C=O) groups is 2. The van der Waals surface area contributed by atoms with Gasteiger partial charge in [0.05, 0.1) is 38.6 Å². The van der Waals surface area contributed by atoms with E-state index in [0.29, 0.717) is 30.2 Å². The van der Waals surface area contributed by atoms with Gasteiger partial charge >= 0.3 is 5.97 Å². The highest BCUT2D eigenvalue weighted by molar-refractivity contribution is 5.91. The normalized spacial score (nSPS) is 21.6. The van der Waals surface area contributed by atoms with Crippen LogP contribution in [0.3, 0.4) is 0 Å². The van der Waals surface area contributed by atoms with E-state index in [9.17, 15) is 9.59 Å². The van der Waals surface area contributed by atoms with Gasteiger partial charge in [0.2, 0.25) is 12.7 Å². The van der Waals surface area contributed by atoms with Gasteiger partial charge < -0.3 is 24.4 Å². The fourth-order valence-corrected chi connectivity index (χ4v) is 3.26. The molecule has 2 N–H and O–H groups in total. The van der Waals surface area contributed by atoms with E-state index in [1.54, 1.807) is 12.1 Å². The zero-order chi connectivity index (χ0) is 17.6. The van der Waals surface area contributed by atoms with Gasteiger partial charge in [0.1, 0.15) is 0 Å². The zero-order valence-corrected chi connectivity index (χ0v) is 14.5. The van der Waals surface area contributed by atoms with Gasteiger partial charge in [-0.2, -0.15) is 0 Å². The number of fused-ring (bicyclic) bond motifs is 1. The number of quaternary nitrogens is 1. The van der Waals surface area contributed by atoms with Crippen LogP contribution < -0.4 is 19.7 Å². The Morgan fingerprint density at radius 1 is 1.24 bits per heavy atom. The Hall–Kier alpha value is -2.28. The summed E-state index contributed by atoms with van der Waals surface area (Å²) in [6.07, 6.45) is 2.11. The highest BCUT2D eigenvalue weighted by Crippen LogP contribution is 2.34. The maximum absolute atomic E-state index is 12.1. The van der Waals surface area contributed by atoms with Crippen molar-refractivity contribution in [2.24, 2.45) is 5.92 Å². The number of piperidine rings is 1. The van der Waals surface area contributed by atoms with Crippen molar-refractivity contribution >= 4 is 17.6 Å². The summed E-state index contributed by atoms with van der Waals surface area (Å²) < 4.78 is 15.6. The minimum absolute atomic E-state index is 0.0149. The molecule has 2 heterocycles. The predicted molar refractivity (Wildman–Crippen MR) is 90.7 cm³/mol. The lowest BCUT2D eigenvalue weighted by molar-refractivity contribution is -0.905. The molecule has 1 aromatic rings. The maximum atomic E-state index is 12.1. The largest absolute Gasteiger partial charge is 0.466 e. The molecule has 7 nitrogen and oxygen atoms in total. The number of anilines is 1. The molecule has 0 unspecified atom stereocenters. The minimum atomic E-state index is -0.0814. The fourth-order valence-electron chi connectivity index (χ4n) is 3.26. The standard InChI is InChI=1S/C18H24N2O5/c1-2-23-18(22)13-5-8-20(9-6-13)10-7-17(21)19-14-3-4-15-16(11-14)25-12-24-15/h3-4,11,13H,2,5-10,12H2,1H3,(H,19,21)/p+1. The first-order valence-corrected chi connectivity index (χ1v) is 8.85. The summed E-state index contributed by atoms with van der Waals surface area (Å²) in [5, 5.41) is 2.89. The Balaban J connectivity index is 1.39. The number of ether oxygens (including phenoxy) is 3. The lowest BCUT2D eigenvalue weighted by Gasteiger charge is -2.27. The van der Waals surface area contributed by atoms with Crippen LogP contribution in [0.1, 0.15) is 26.2 Å². The number of rotatable bonds is 6. The molecule has 1 fully saturated rings. The third-order valence-corrected chi connectivity index (χ3v) is 4.67. The second kappa shape index (κ2) is 8.20. The van der Waals surface area contributed by atoms with Gasteiger partial charge in [-0.15, -0.1) is 0 Å². The first-order valence-electron chi connectivity index (χ1n) is 8.85. The summed E-state index contributed by atoms with van der Waals surface area (Å²) in [6.45, 7) is 5.06. The van der Waals surface area contributed by atoms with Crippen LogP contribution in [0.15, 0.2) is 18.2 Å². The summed E-state index contributed by atoms with van der Waals surface area (Å²) >= 11 is 0. The Morgan fingerprint density at radius 3 is 2.76 bits per heavy atom. The average Bonchev–Trinajstić information content (AvgIpc) is 3.08. The third-order valence-electron chi connectivity index (χ3n) is 4.67. The summed E-state index contributed by atoms with van der Waals surface area (Å²) in [4.78, 5) is 25.2. The molecule has 0 bridgehead atoms. The molecule has 0 aliphatic carbocycles. The summed E-state index contributed by atoms with van der Waals surface area (Å²) in [5.41, 5.74) is 0.713. The number of esters is 1. The average molecular weight is 349 g/mol. The van der Waals surface area contributed by atoms with Gasteiger partial charge in [-0.3, -0.25) is 9.59 Å². The molecular weight excluding hydrogens is 324 g/mol. The Bertz CT molecular complexity index is 626. The van der Waals surface area contributed by atoms with Gasteiger partial charge in [-0.05, 0) is 19.1 Å². The molecule has 25 heavy (non-hydrogen) atoms. The summed E-state index contributed by atoms with van der Waals surface area (Å²) in [5.74, 6) is 1.28. The number of likely N-dealkylation sites (tertiary alicyclic amines) is 1. The lowest BCUT2D eigenvalue weighted by atomic mass is 9.97. The second-order valence-corrected chi connectivity index (χ2v) is 6.39. The molecule has 1 saturated heterocycles. The molecule has 1 aromatic carbocycles. The number of hydrogen-bond donors (Lipinski definition) is 2. The van der Waals surface area contributed by atoms with E-state index in [0.717, 1.165) is 32.5 Å². The molecule has 0 atom stereocenters. The smallest absolute Gasteiger partial charge is 0.309 e. The summed E-state index contributed by atoms with van der Waals surface area (Å²) in [7, 11) is 0. The summed E-state index contributed by atoms with van der Waals surface area (Å²) in [6, 6.07) is 5.38. The number of hydrogen-bond acceptors (Lipinski definition) is 5. The van der Waals surface area contributed by atoms with Crippen molar-refractivity contribution in [3.8, 4) is 11.5 Å². The zero-order valence-electron chi connectivity index (χ0n) is 14.5. The SMILES string of the molecule is CCOC(=O)C1CC[NH+](CCC(=O)Nc2ccc3c(c2)OCO3)CC1. The first-order chi connectivity index (χ1) is 12.2. The van der Waals surface area contributed by atoms with E-state index in [-0.39, 0.29) is 24.6 Å². The van der Waals surface area contributed by atoms with Crippen molar-refractivity contribution in [3.63, 3.8) is 0 Å². The lowest BCUT2D eigenvalue weighted by Crippen LogP contribution is -3.13. The second-order valence-electron chi connectivity index (χ2n) is 6.39. The van der Waals surface area contributed by atoms with Crippen molar-refractivity contribution in [2.75, 3.05) is 38.4 Å². The number of amides is 1. The Kier molecular flexibility index (Phi) is 5.75. The van der Waals surface area contributed by atoms with Crippen molar-refractivity contribution in [3.05, 3.63) is 18.2 Å². The molecule has 7 heteroatoms. The van der Waals surface area contributed by atoms with E-state index in [1.165, 1.54) is 4.90 Å². The number of carbonyl (C=O) groups excluding carboxylic acids is 2. The molecule has 136 valence electrons. The molecule has 3 rings (SSSR count).